The molecule has 3 rings (SSSR count). The van der Waals surface area contributed by atoms with Crippen molar-refractivity contribution in [2.45, 2.75) is 31.3 Å². The van der Waals surface area contributed by atoms with Gasteiger partial charge in [0.2, 0.25) is 0 Å². The second kappa shape index (κ2) is 5.06. The molecular formula is C15H15Cl2NO2. The monoisotopic (exact) mass is 311 g/mol. The van der Waals surface area contributed by atoms with Crippen molar-refractivity contribution in [3.8, 4) is 0 Å². The minimum atomic E-state index is -0.278. The summed E-state index contributed by atoms with van der Waals surface area (Å²) in [4.78, 5) is 15.6. The second-order valence-corrected chi connectivity index (χ2v) is 6.20. The van der Waals surface area contributed by atoms with Crippen molar-refractivity contribution in [1.29, 1.82) is 0 Å². The van der Waals surface area contributed by atoms with Crippen LogP contribution < -0.4 is 0 Å². The standard InChI is InChI=1S/C15H15Cl2NO2/c1-20-15(3-2-4-15)7-13(19)10-8-18-12-6-9(16)5-11(17)14(10)12/h5-6,8,18H,2-4,7H2,1H3. The summed E-state index contributed by atoms with van der Waals surface area (Å²) in [5, 5.41) is 1.79. The molecule has 20 heavy (non-hydrogen) atoms. The summed E-state index contributed by atoms with van der Waals surface area (Å²) in [5.74, 6) is 0.0574. The summed E-state index contributed by atoms with van der Waals surface area (Å²) < 4.78 is 5.52. The van der Waals surface area contributed by atoms with Crippen molar-refractivity contribution in [3.05, 3.63) is 33.9 Å². The first-order chi connectivity index (χ1) is 9.54. The molecule has 1 aromatic heterocycles. The fourth-order valence-electron chi connectivity index (χ4n) is 2.82. The molecule has 0 amide bonds. The molecule has 5 heteroatoms. The number of Topliss-reactive ketones (excluding diaryl/α,β-unsaturated/α-hetero) is 1. The summed E-state index contributed by atoms with van der Waals surface area (Å²) in [6, 6.07) is 3.43. The Hall–Kier alpha value is -1.03. The first kappa shape index (κ1) is 13.9. The number of fused-ring (bicyclic) bond motifs is 1. The molecule has 1 aliphatic carbocycles. The lowest BCUT2D eigenvalue weighted by atomic mass is 9.76. The normalized spacial score (nSPS) is 17.1. The molecule has 3 nitrogen and oxygen atoms in total. The van der Waals surface area contributed by atoms with E-state index < -0.39 is 0 Å². The van der Waals surface area contributed by atoms with Crippen molar-refractivity contribution < 1.29 is 9.53 Å². The first-order valence-electron chi connectivity index (χ1n) is 6.59. The van der Waals surface area contributed by atoms with Gasteiger partial charge >= 0.3 is 0 Å². The second-order valence-electron chi connectivity index (χ2n) is 5.35. The number of carbonyl (C=O) groups excluding carboxylic acids is 1. The molecule has 0 atom stereocenters. The van der Waals surface area contributed by atoms with Crippen molar-refractivity contribution >= 4 is 39.9 Å². The quantitative estimate of drug-likeness (QED) is 0.837. The van der Waals surface area contributed by atoms with Crippen LogP contribution in [0.15, 0.2) is 18.3 Å². The van der Waals surface area contributed by atoms with E-state index in [9.17, 15) is 4.79 Å². The summed E-state index contributed by atoms with van der Waals surface area (Å²) in [7, 11) is 1.68. The molecule has 0 aliphatic heterocycles. The van der Waals surface area contributed by atoms with Gasteiger partial charge in [-0.3, -0.25) is 4.79 Å². The van der Waals surface area contributed by atoms with E-state index >= 15 is 0 Å². The molecule has 106 valence electrons. The zero-order valence-corrected chi connectivity index (χ0v) is 12.6. The number of aromatic nitrogens is 1. The molecule has 0 saturated heterocycles. The molecule has 1 N–H and O–H groups in total. The van der Waals surface area contributed by atoms with Gasteiger partial charge in [0.1, 0.15) is 0 Å². The lowest BCUT2D eigenvalue weighted by Crippen LogP contribution is -2.41. The van der Waals surface area contributed by atoms with Gasteiger partial charge in [-0.25, -0.2) is 0 Å². The predicted molar refractivity (Wildman–Crippen MR) is 80.9 cm³/mol. The third kappa shape index (κ3) is 2.24. The fourth-order valence-corrected chi connectivity index (χ4v) is 3.41. The molecule has 1 aromatic carbocycles. The van der Waals surface area contributed by atoms with Crippen LogP contribution >= 0.6 is 23.2 Å². The number of carbonyl (C=O) groups is 1. The van der Waals surface area contributed by atoms with E-state index in [2.05, 4.69) is 4.98 Å². The van der Waals surface area contributed by atoms with Gasteiger partial charge in [-0.05, 0) is 31.4 Å². The number of hydrogen-bond acceptors (Lipinski definition) is 2. The highest BCUT2D eigenvalue weighted by molar-refractivity contribution is 6.39. The smallest absolute Gasteiger partial charge is 0.167 e. The van der Waals surface area contributed by atoms with E-state index in [-0.39, 0.29) is 11.4 Å². The first-order valence-corrected chi connectivity index (χ1v) is 7.35. The minimum absolute atomic E-state index is 0.0574. The van der Waals surface area contributed by atoms with Crippen LogP contribution in [0.1, 0.15) is 36.0 Å². The Bertz CT molecular complexity index is 668. The van der Waals surface area contributed by atoms with E-state index in [1.807, 2.05) is 0 Å². The van der Waals surface area contributed by atoms with Gasteiger partial charge < -0.3 is 9.72 Å². The molecule has 0 spiro atoms. The molecule has 1 saturated carbocycles. The number of halogens is 2. The van der Waals surface area contributed by atoms with Crippen LogP contribution in [0.2, 0.25) is 10.0 Å². The van der Waals surface area contributed by atoms with Crippen molar-refractivity contribution in [2.24, 2.45) is 0 Å². The lowest BCUT2D eigenvalue weighted by Gasteiger charge is -2.40. The summed E-state index contributed by atoms with van der Waals surface area (Å²) in [6.45, 7) is 0. The maximum Gasteiger partial charge on any atom is 0.167 e. The molecule has 1 fully saturated rings. The maximum absolute atomic E-state index is 12.5. The lowest BCUT2D eigenvalue weighted by molar-refractivity contribution is -0.0704. The Morgan fingerprint density at radius 3 is 2.75 bits per heavy atom. The van der Waals surface area contributed by atoms with Crippen LogP contribution in [0.25, 0.3) is 10.9 Å². The number of ether oxygens (including phenoxy) is 1. The van der Waals surface area contributed by atoms with Gasteiger partial charge in [-0.1, -0.05) is 23.2 Å². The van der Waals surface area contributed by atoms with E-state index in [1.54, 1.807) is 25.4 Å². The summed E-state index contributed by atoms with van der Waals surface area (Å²) in [6.07, 6.45) is 5.10. The zero-order valence-electron chi connectivity index (χ0n) is 11.1. The number of benzene rings is 1. The molecule has 1 heterocycles. The average molecular weight is 312 g/mol. The molecule has 0 bridgehead atoms. The molecule has 0 unspecified atom stereocenters. The Balaban J connectivity index is 1.96. The average Bonchev–Trinajstić information content (AvgIpc) is 2.77. The van der Waals surface area contributed by atoms with Gasteiger partial charge in [-0.15, -0.1) is 0 Å². The Labute approximate surface area is 127 Å². The van der Waals surface area contributed by atoms with Crippen LogP contribution in [0, 0.1) is 0 Å². The molecule has 0 radical (unpaired) electrons. The Morgan fingerprint density at radius 1 is 1.40 bits per heavy atom. The number of aromatic amines is 1. The Morgan fingerprint density at radius 2 is 2.15 bits per heavy atom. The van der Waals surface area contributed by atoms with Crippen LogP contribution in [0.3, 0.4) is 0 Å². The number of hydrogen-bond donors (Lipinski definition) is 1. The van der Waals surface area contributed by atoms with Gasteiger partial charge in [0.25, 0.3) is 0 Å². The van der Waals surface area contributed by atoms with E-state index in [1.165, 1.54) is 0 Å². The highest BCUT2D eigenvalue weighted by Gasteiger charge is 2.39. The SMILES string of the molecule is COC1(CC(=O)c2c[nH]c3cc(Cl)cc(Cl)c23)CCC1. The molecule has 2 aromatic rings. The largest absolute Gasteiger partial charge is 0.378 e. The molecular weight excluding hydrogens is 297 g/mol. The van der Waals surface area contributed by atoms with Crippen LogP contribution in [0.4, 0.5) is 0 Å². The van der Waals surface area contributed by atoms with Crippen LogP contribution in [-0.4, -0.2) is 23.5 Å². The predicted octanol–water partition coefficient (Wildman–Crippen LogP) is 4.62. The third-order valence-electron chi connectivity index (χ3n) is 4.18. The van der Waals surface area contributed by atoms with E-state index in [4.69, 9.17) is 27.9 Å². The fraction of sp³-hybridized carbons (Fsp3) is 0.400. The highest BCUT2D eigenvalue weighted by Crippen LogP contribution is 2.40. The van der Waals surface area contributed by atoms with Gasteiger partial charge in [0.05, 0.1) is 10.6 Å². The number of rotatable bonds is 4. The summed E-state index contributed by atoms with van der Waals surface area (Å²) >= 11 is 12.2. The van der Waals surface area contributed by atoms with E-state index in [0.717, 1.165) is 30.2 Å². The molecule has 1 aliphatic rings. The van der Waals surface area contributed by atoms with Crippen molar-refractivity contribution in [3.63, 3.8) is 0 Å². The highest BCUT2D eigenvalue weighted by atomic mass is 35.5. The van der Waals surface area contributed by atoms with Gasteiger partial charge in [0.15, 0.2) is 5.78 Å². The topological polar surface area (TPSA) is 42.1 Å². The van der Waals surface area contributed by atoms with Gasteiger partial charge in [-0.2, -0.15) is 0 Å². The number of methoxy groups -OCH3 is 1. The van der Waals surface area contributed by atoms with Crippen LogP contribution in [-0.2, 0) is 4.74 Å². The zero-order chi connectivity index (χ0) is 14.3. The minimum Gasteiger partial charge on any atom is -0.378 e. The Kier molecular flexibility index (Phi) is 3.53. The van der Waals surface area contributed by atoms with Gasteiger partial charge in [0, 0.05) is 41.2 Å². The van der Waals surface area contributed by atoms with Crippen LogP contribution in [0.5, 0.6) is 0 Å². The van der Waals surface area contributed by atoms with Crippen molar-refractivity contribution in [2.75, 3.05) is 7.11 Å². The number of ketones is 1. The van der Waals surface area contributed by atoms with Crippen molar-refractivity contribution in [1.82, 2.24) is 4.98 Å². The third-order valence-corrected chi connectivity index (χ3v) is 4.69. The maximum atomic E-state index is 12.5. The summed E-state index contributed by atoms with van der Waals surface area (Å²) in [5.41, 5.74) is 1.12. The number of H-pyrrole nitrogens is 1. The number of nitrogens with one attached hydrogen (secondary N) is 1. The van der Waals surface area contributed by atoms with E-state index in [0.29, 0.717) is 22.0 Å².